The van der Waals surface area contributed by atoms with E-state index in [1.54, 1.807) is 29.8 Å². The average molecular weight is 596 g/mol. The number of anilines is 1. The maximum atomic E-state index is 13.9. The molecular weight excluding hydrogens is 558 g/mol. The maximum Gasteiger partial charge on any atom is 0.414 e. The van der Waals surface area contributed by atoms with Crippen molar-refractivity contribution in [3.63, 3.8) is 0 Å². The molecule has 0 saturated carbocycles. The molecule has 44 heavy (non-hydrogen) atoms. The summed E-state index contributed by atoms with van der Waals surface area (Å²) in [6, 6.07) is 22.6. The third kappa shape index (κ3) is 7.11. The van der Waals surface area contributed by atoms with Crippen LogP contribution in [0.25, 0.3) is 10.9 Å². The highest BCUT2D eigenvalue weighted by Crippen LogP contribution is 2.26. The van der Waals surface area contributed by atoms with Gasteiger partial charge in [0.05, 0.1) is 24.1 Å². The Labute approximate surface area is 255 Å². The zero-order valence-electron chi connectivity index (χ0n) is 25.4. The van der Waals surface area contributed by atoms with Gasteiger partial charge in [-0.3, -0.25) is 14.3 Å². The quantitative estimate of drug-likeness (QED) is 0.195. The van der Waals surface area contributed by atoms with Crippen LogP contribution in [0.15, 0.2) is 77.6 Å². The minimum absolute atomic E-state index is 0.158. The number of aryl methyl sites for hydroxylation is 1. The fourth-order valence-electron chi connectivity index (χ4n) is 4.77. The van der Waals surface area contributed by atoms with Crippen molar-refractivity contribution >= 4 is 22.7 Å². The lowest BCUT2D eigenvalue weighted by molar-refractivity contribution is 0.141. The minimum atomic E-state index is -0.514. The lowest BCUT2D eigenvalue weighted by atomic mass is 10.1. The van der Waals surface area contributed by atoms with Gasteiger partial charge in [-0.15, -0.1) is 5.10 Å². The Bertz CT molecular complexity index is 1740. The monoisotopic (exact) mass is 595 g/mol. The van der Waals surface area contributed by atoms with E-state index in [1.807, 2.05) is 68.4 Å². The van der Waals surface area contributed by atoms with Crippen molar-refractivity contribution in [2.24, 2.45) is 5.92 Å². The van der Waals surface area contributed by atoms with Gasteiger partial charge in [0.2, 0.25) is 0 Å². The molecule has 1 amide bonds. The second kappa shape index (κ2) is 13.9. The third-order valence-electron chi connectivity index (χ3n) is 7.20. The predicted molar refractivity (Wildman–Crippen MR) is 168 cm³/mol. The summed E-state index contributed by atoms with van der Waals surface area (Å²) >= 11 is 0. The molecule has 11 heteroatoms. The van der Waals surface area contributed by atoms with Crippen molar-refractivity contribution in [3.8, 4) is 5.75 Å². The van der Waals surface area contributed by atoms with E-state index in [2.05, 4.69) is 27.5 Å². The maximum absolute atomic E-state index is 13.9. The first-order chi connectivity index (χ1) is 21.3. The summed E-state index contributed by atoms with van der Waals surface area (Å²) in [4.78, 5) is 32.8. The number of rotatable bonds is 12. The van der Waals surface area contributed by atoms with E-state index in [4.69, 9.17) is 14.5 Å². The number of aromatic nitrogens is 6. The van der Waals surface area contributed by atoms with Crippen molar-refractivity contribution in [2.45, 2.75) is 52.7 Å². The number of nitrogens with zero attached hydrogens (tertiary/aromatic N) is 6. The van der Waals surface area contributed by atoms with Crippen molar-refractivity contribution < 1.29 is 14.3 Å². The molecule has 3 aromatic carbocycles. The minimum Gasteiger partial charge on any atom is -0.478 e. The van der Waals surface area contributed by atoms with Crippen LogP contribution in [-0.2, 0) is 17.7 Å². The molecule has 228 valence electrons. The summed E-state index contributed by atoms with van der Waals surface area (Å²) in [5.74, 6) is 2.07. The smallest absolute Gasteiger partial charge is 0.414 e. The largest absolute Gasteiger partial charge is 0.478 e. The van der Waals surface area contributed by atoms with Gasteiger partial charge in [-0.05, 0) is 58.7 Å². The van der Waals surface area contributed by atoms with Crippen molar-refractivity contribution in [2.75, 3.05) is 18.6 Å². The van der Waals surface area contributed by atoms with Crippen LogP contribution >= 0.6 is 0 Å². The first-order valence-corrected chi connectivity index (χ1v) is 14.8. The highest BCUT2D eigenvalue weighted by molar-refractivity contribution is 5.91. The highest BCUT2D eigenvalue weighted by atomic mass is 16.6. The number of fused-ring (bicyclic) bond motifs is 1. The summed E-state index contributed by atoms with van der Waals surface area (Å²) in [7, 11) is 1.64. The number of carbonyl (C=O) groups is 1. The Morgan fingerprint density at radius 2 is 1.82 bits per heavy atom. The fourth-order valence-corrected chi connectivity index (χ4v) is 4.77. The Hall–Kier alpha value is -5.06. The molecule has 5 rings (SSSR count). The zero-order chi connectivity index (χ0) is 31.1. The van der Waals surface area contributed by atoms with Crippen LogP contribution in [0.4, 0.5) is 10.5 Å². The molecule has 1 N–H and O–H groups in total. The number of aromatic amines is 1. The van der Waals surface area contributed by atoms with Gasteiger partial charge in [0.25, 0.3) is 5.56 Å². The summed E-state index contributed by atoms with van der Waals surface area (Å²) in [5, 5.41) is 14.7. The number of ether oxygens (including phenoxy) is 2. The molecule has 2 heterocycles. The number of amides is 1. The van der Waals surface area contributed by atoms with E-state index >= 15 is 0 Å². The molecule has 11 nitrogen and oxygen atoms in total. The molecule has 1 unspecified atom stereocenters. The Kier molecular flexibility index (Phi) is 9.63. The van der Waals surface area contributed by atoms with Crippen LogP contribution in [0.5, 0.6) is 5.75 Å². The van der Waals surface area contributed by atoms with E-state index in [0.717, 1.165) is 29.8 Å². The number of hydrogen-bond donors (Lipinski definition) is 1. The van der Waals surface area contributed by atoms with Gasteiger partial charge < -0.3 is 9.47 Å². The zero-order valence-corrected chi connectivity index (χ0v) is 25.4. The van der Waals surface area contributed by atoms with E-state index in [9.17, 15) is 9.59 Å². The van der Waals surface area contributed by atoms with E-state index in [1.165, 1.54) is 4.90 Å². The van der Waals surface area contributed by atoms with Gasteiger partial charge >= 0.3 is 6.09 Å². The summed E-state index contributed by atoms with van der Waals surface area (Å²) in [6.07, 6.45) is 1.58. The lowest BCUT2D eigenvalue weighted by Gasteiger charge is -2.19. The topological polar surface area (TPSA) is 128 Å². The third-order valence-corrected chi connectivity index (χ3v) is 7.20. The van der Waals surface area contributed by atoms with Crippen molar-refractivity contribution in [3.05, 3.63) is 106 Å². The van der Waals surface area contributed by atoms with Gasteiger partial charge in [0.15, 0.2) is 11.9 Å². The SMILES string of the molecule is CCCCc1nc2ccc(N(C)C(=O)OCC(C)C)cc2c(=O)n1Cc1ccc(OC(c2ccccc2)c2nnn[nH]2)cc1. The molecule has 0 saturated heterocycles. The number of benzene rings is 3. The molecule has 5 aromatic rings. The molecule has 2 aromatic heterocycles. The normalized spacial score (nSPS) is 11.9. The van der Waals surface area contributed by atoms with Crippen LogP contribution in [0.1, 0.15) is 62.5 Å². The molecule has 0 aliphatic heterocycles. The second-order valence-electron chi connectivity index (χ2n) is 11.1. The summed E-state index contributed by atoms with van der Waals surface area (Å²) in [6.45, 7) is 6.73. The molecular formula is C33H37N7O4. The number of carbonyl (C=O) groups excluding carboxylic acids is 1. The Balaban J connectivity index is 1.42. The average Bonchev–Trinajstić information content (AvgIpc) is 3.58. The molecule has 0 spiro atoms. The van der Waals surface area contributed by atoms with Crippen LogP contribution < -0.4 is 15.2 Å². The summed E-state index contributed by atoms with van der Waals surface area (Å²) < 4.78 is 13.4. The molecule has 0 aliphatic carbocycles. The molecule has 0 fully saturated rings. The highest BCUT2D eigenvalue weighted by Gasteiger charge is 2.20. The number of hydrogen-bond acceptors (Lipinski definition) is 8. The van der Waals surface area contributed by atoms with Gasteiger partial charge in [0.1, 0.15) is 11.6 Å². The standard InChI is InChI=1S/C33H37N7O4/c1-5-6-12-29-34-28-18-15-25(39(4)33(42)43-21-22(2)3)19-27(28)32(41)40(29)20-23-13-16-26(17-14-23)44-30(31-35-37-38-36-31)24-10-8-7-9-11-24/h7-11,13-19,22,30H,5-6,12,20-21H2,1-4H3,(H,35,36,37,38). The molecule has 0 radical (unpaired) electrons. The van der Waals surface area contributed by atoms with Gasteiger partial charge in [-0.2, -0.15) is 0 Å². The lowest BCUT2D eigenvalue weighted by Crippen LogP contribution is -2.29. The first-order valence-electron chi connectivity index (χ1n) is 14.8. The number of H-pyrrole nitrogens is 1. The fraction of sp³-hybridized carbons (Fsp3) is 0.333. The van der Waals surface area contributed by atoms with Gasteiger partial charge in [0, 0.05) is 24.7 Å². The number of unbranched alkanes of at least 4 members (excludes halogenated alkanes) is 1. The molecule has 1 atom stereocenters. The summed E-state index contributed by atoms with van der Waals surface area (Å²) in [5.41, 5.74) is 2.83. The Morgan fingerprint density at radius 3 is 2.50 bits per heavy atom. The predicted octanol–water partition coefficient (Wildman–Crippen LogP) is 5.70. The van der Waals surface area contributed by atoms with E-state index in [0.29, 0.717) is 47.7 Å². The van der Waals surface area contributed by atoms with Gasteiger partial charge in [-0.25, -0.2) is 14.9 Å². The van der Waals surface area contributed by atoms with Crippen molar-refractivity contribution in [1.29, 1.82) is 0 Å². The molecule has 0 bridgehead atoms. The van der Waals surface area contributed by atoms with Crippen LogP contribution in [0.3, 0.4) is 0 Å². The molecule has 0 aliphatic rings. The van der Waals surface area contributed by atoms with Gasteiger partial charge in [-0.1, -0.05) is 69.7 Å². The van der Waals surface area contributed by atoms with E-state index in [-0.39, 0.29) is 11.5 Å². The number of tetrazole rings is 1. The van der Waals surface area contributed by atoms with Crippen LogP contribution in [0.2, 0.25) is 0 Å². The Morgan fingerprint density at radius 1 is 1.05 bits per heavy atom. The van der Waals surface area contributed by atoms with E-state index < -0.39 is 12.2 Å². The second-order valence-corrected chi connectivity index (χ2v) is 11.1. The van der Waals surface area contributed by atoms with Crippen LogP contribution in [0, 0.1) is 5.92 Å². The van der Waals surface area contributed by atoms with Crippen LogP contribution in [-0.4, -0.2) is 49.9 Å². The van der Waals surface area contributed by atoms with Crippen molar-refractivity contribution in [1.82, 2.24) is 30.2 Å². The number of nitrogens with one attached hydrogen (secondary N) is 1. The first kappa shape index (κ1) is 30.4.